The number of rotatable bonds is 10. The predicted octanol–water partition coefficient (Wildman–Crippen LogP) is 3.74. The molecule has 2 aromatic carbocycles. The number of nitrogens with zero attached hydrogens (tertiary/aromatic N) is 3. The van der Waals surface area contributed by atoms with Gasteiger partial charge < -0.3 is 23.6 Å². The molecule has 8 nitrogen and oxygen atoms in total. The van der Waals surface area contributed by atoms with Gasteiger partial charge in [-0.05, 0) is 24.6 Å². The molecule has 0 radical (unpaired) electrons. The van der Waals surface area contributed by atoms with Gasteiger partial charge >= 0.3 is 0 Å². The highest BCUT2D eigenvalue weighted by Crippen LogP contribution is 2.40. The van der Waals surface area contributed by atoms with Crippen molar-refractivity contribution in [2.24, 2.45) is 0 Å². The van der Waals surface area contributed by atoms with Crippen molar-refractivity contribution < 1.29 is 23.5 Å². The first-order valence-corrected chi connectivity index (χ1v) is 10.0. The molecule has 31 heavy (non-hydrogen) atoms. The van der Waals surface area contributed by atoms with Crippen molar-refractivity contribution in [1.82, 2.24) is 15.0 Å². The minimum absolute atomic E-state index is 0.0406. The van der Waals surface area contributed by atoms with E-state index in [9.17, 15) is 4.79 Å². The van der Waals surface area contributed by atoms with Crippen LogP contribution in [0.4, 0.5) is 0 Å². The number of ether oxygens (including phenoxy) is 3. The molecule has 0 fully saturated rings. The van der Waals surface area contributed by atoms with Crippen molar-refractivity contribution in [2.45, 2.75) is 26.3 Å². The van der Waals surface area contributed by atoms with Gasteiger partial charge in [0.05, 0.1) is 21.3 Å². The molecule has 0 aliphatic carbocycles. The van der Waals surface area contributed by atoms with Crippen molar-refractivity contribution >= 4 is 5.91 Å². The van der Waals surface area contributed by atoms with Crippen LogP contribution < -0.4 is 14.2 Å². The highest BCUT2D eigenvalue weighted by molar-refractivity contribution is 5.76. The highest BCUT2D eigenvalue weighted by Gasteiger charge is 2.18. The van der Waals surface area contributed by atoms with E-state index in [2.05, 4.69) is 10.1 Å². The maximum Gasteiger partial charge on any atom is 0.227 e. The Morgan fingerprint density at radius 2 is 1.71 bits per heavy atom. The second-order valence-corrected chi connectivity index (χ2v) is 6.82. The van der Waals surface area contributed by atoms with Crippen LogP contribution in [-0.4, -0.2) is 48.8 Å². The van der Waals surface area contributed by atoms with Crippen molar-refractivity contribution in [3.05, 3.63) is 53.9 Å². The van der Waals surface area contributed by atoms with Crippen molar-refractivity contribution in [2.75, 3.05) is 27.9 Å². The maximum atomic E-state index is 12.7. The predicted molar refractivity (Wildman–Crippen MR) is 115 cm³/mol. The average Bonchev–Trinajstić information content (AvgIpc) is 3.29. The summed E-state index contributed by atoms with van der Waals surface area (Å²) >= 11 is 0. The average molecular weight is 425 g/mol. The molecular formula is C23H27N3O5. The Labute approximate surface area is 181 Å². The van der Waals surface area contributed by atoms with E-state index in [1.54, 1.807) is 33.5 Å². The lowest BCUT2D eigenvalue weighted by molar-refractivity contribution is -0.131. The van der Waals surface area contributed by atoms with Crippen LogP contribution in [-0.2, 0) is 17.8 Å². The Morgan fingerprint density at radius 1 is 1.03 bits per heavy atom. The van der Waals surface area contributed by atoms with Gasteiger partial charge in [0.1, 0.15) is 0 Å². The van der Waals surface area contributed by atoms with E-state index in [0.717, 1.165) is 5.56 Å². The fourth-order valence-electron chi connectivity index (χ4n) is 3.24. The van der Waals surface area contributed by atoms with E-state index in [-0.39, 0.29) is 12.3 Å². The monoisotopic (exact) mass is 425 g/mol. The molecule has 0 atom stereocenters. The normalized spacial score (nSPS) is 10.6. The third-order valence-corrected chi connectivity index (χ3v) is 4.89. The Bertz CT molecular complexity index is 978. The van der Waals surface area contributed by atoms with E-state index in [4.69, 9.17) is 18.7 Å². The number of carbonyl (C=O) groups is 1. The van der Waals surface area contributed by atoms with E-state index in [0.29, 0.717) is 54.0 Å². The molecule has 0 aliphatic heterocycles. The number of carbonyl (C=O) groups excluding carboxylic acids is 1. The van der Waals surface area contributed by atoms with Crippen LogP contribution in [0, 0.1) is 0 Å². The molecule has 0 saturated heterocycles. The number of amides is 1. The minimum atomic E-state index is 0.0406. The fraction of sp³-hybridized carbons (Fsp3) is 0.348. The first-order chi connectivity index (χ1) is 15.1. The van der Waals surface area contributed by atoms with Gasteiger partial charge in [-0.1, -0.05) is 35.5 Å². The van der Waals surface area contributed by atoms with E-state index < -0.39 is 0 Å². The van der Waals surface area contributed by atoms with E-state index in [1.165, 1.54) is 0 Å². The second kappa shape index (κ2) is 10.5. The Balaban J connectivity index is 1.68. The van der Waals surface area contributed by atoms with Crippen molar-refractivity contribution in [3.8, 4) is 28.6 Å². The van der Waals surface area contributed by atoms with Crippen LogP contribution in [0.2, 0.25) is 0 Å². The highest BCUT2D eigenvalue weighted by atomic mass is 16.5. The molecule has 8 heteroatoms. The molecule has 0 saturated carbocycles. The standard InChI is InChI=1S/C23H27N3O5/c1-5-26(15-16-9-7-6-8-10-16)21(27)12-11-20-24-23(25-31-20)17-13-18(28-2)22(30-4)19(14-17)29-3/h6-10,13-14H,5,11-12,15H2,1-4H3. The van der Waals surface area contributed by atoms with Crippen LogP contribution in [0.5, 0.6) is 17.2 Å². The number of hydrogen-bond acceptors (Lipinski definition) is 7. The third kappa shape index (κ3) is 5.33. The molecule has 3 rings (SSSR count). The Kier molecular flexibility index (Phi) is 7.48. The van der Waals surface area contributed by atoms with Crippen LogP contribution in [0.1, 0.15) is 24.8 Å². The zero-order valence-corrected chi connectivity index (χ0v) is 18.3. The second-order valence-electron chi connectivity index (χ2n) is 6.82. The van der Waals surface area contributed by atoms with Gasteiger partial charge in [0.25, 0.3) is 0 Å². The topological polar surface area (TPSA) is 86.9 Å². The Morgan fingerprint density at radius 3 is 2.29 bits per heavy atom. The zero-order valence-electron chi connectivity index (χ0n) is 18.3. The summed E-state index contributed by atoms with van der Waals surface area (Å²) in [6, 6.07) is 13.4. The van der Waals surface area contributed by atoms with Crippen LogP contribution in [0.25, 0.3) is 11.4 Å². The number of benzene rings is 2. The number of aryl methyl sites for hydroxylation is 1. The van der Waals surface area contributed by atoms with Crippen molar-refractivity contribution in [1.29, 1.82) is 0 Å². The molecule has 0 aliphatic rings. The Hall–Kier alpha value is -3.55. The smallest absolute Gasteiger partial charge is 0.227 e. The van der Waals surface area contributed by atoms with Gasteiger partial charge in [-0.25, -0.2) is 0 Å². The molecular weight excluding hydrogens is 398 g/mol. The zero-order chi connectivity index (χ0) is 22.2. The summed E-state index contributed by atoms with van der Waals surface area (Å²) < 4.78 is 21.4. The fourth-order valence-corrected chi connectivity index (χ4v) is 3.24. The molecule has 0 unspecified atom stereocenters. The van der Waals surface area contributed by atoms with Gasteiger partial charge in [0, 0.05) is 31.5 Å². The molecule has 1 amide bonds. The number of hydrogen-bond donors (Lipinski definition) is 0. The minimum Gasteiger partial charge on any atom is -0.493 e. The summed E-state index contributed by atoms with van der Waals surface area (Å²) in [5, 5.41) is 4.04. The molecule has 0 N–H and O–H groups in total. The lowest BCUT2D eigenvalue weighted by Gasteiger charge is -2.20. The van der Waals surface area contributed by atoms with Crippen LogP contribution in [0.3, 0.4) is 0 Å². The van der Waals surface area contributed by atoms with Crippen LogP contribution >= 0.6 is 0 Å². The first kappa shape index (κ1) is 22.1. The number of aromatic nitrogens is 2. The quantitative estimate of drug-likeness (QED) is 0.489. The molecule has 0 bridgehead atoms. The molecule has 1 aromatic heterocycles. The van der Waals surface area contributed by atoms with Crippen molar-refractivity contribution in [3.63, 3.8) is 0 Å². The summed E-state index contributed by atoms with van der Waals surface area (Å²) in [5.41, 5.74) is 1.76. The molecule has 164 valence electrons. The van der Waals surface area contributed by atoms with Gasteiger partial charge in [0.15, 0.2) is 11.5 Å². The first-order valence-electron chi connectivity index (χ1n) is 10.0. The summed E-state index contributed by atoms with van der Waals surface area (Å²) in [7, 11) is 4.63. The van der Waals surface area contributed by atoms with Gasteiger partial charge in [-0.2, -0.15) is 4.98 Å². The summed E-state index contributed by atoms with van der Waals surface area (Å²) in [6.07, 6.45) is 0.652. The largest absolute Gasteiger partial charge is 0.493 e. The summed E-state index contributed by atoms with van der Waals surface area (Å²) in [5.74, 6) is 2.31. The van der Waals surface area contributed by atoms with Gasteiger partial charge in [-0.15, -0.1) is 0 Å². The maximum absolute atomic E-state index is 12.7. The van der Waals surface area contributed by atoms with E-state index in [1.807, 2.05) is 42.2 Å². The summed E-state index contributed by atoms with van der Waals surface area (Å²) in [6.45, 7) is 3.18. The van der Waals surface area contributed by atoms with E-state index >= 15 is 0 Å². The summed E-state index contributed by atoms with van der Waals surface area (Å²) in [4.78, 5) is 18.9. The SMILES string of the molecule is CCN(Cc1ccccc1)C(=O)CCc1nc(-c2cc(OC)c(OC)c(OC)c2)no1. The lowest BCUT2D eigenvalue weighted by Crippen LogP contribution is -2.30. The third-order valence-electron chi connectivity index (χ3n) is 4.89. The molecule has 0 spiro atoms. The molecule has 3 aromatic rings. The number of methoxy groups -OCH3 is 3. The lowest BCUT2D eigenvalue weighted by atomic mass is 10.1. The van der Waals surface area contributed by atoms with Gasteiger partial charge in [-0.3, -0.25) is 4.79 Å². The van der Waals surface area contributed by atoms with Gasteiger partial charge in [0.2, 0.25) is 23.4 Å². The van der Waals surface area contributed by atoms with Crippen LogP contribution in [0.15, 0.2) is 47.0 Å². The molecule has 1 heterocycles.